The van der Waals surface area contributed by atoms with E-state index in [1.807, 2.05) is 6.07 Å². The molecule has 1 aromatic carbocycles. The first-order valence-electron chi connectivity index (χ1n) is 8.70. The van der Waals surface area contributed by atoms with Crippen LogP contribution >= 0.6 is 0 Å². The van der Waals surface area contributed by atoms with Crippen LogP contribution in [0.2, 0.25) is 0 Å². The smallest absolute Gasteiger partial charge is 0.260 e. The average molecular weight is 368 g/mol. The molecular weight excluding hydrogens is 348 g/mol. The lowest BCUT2D eigenvalue weighted by atomic mass is 9.96. The number of rotatable bonds is 5. The molecule has 0 aliphatic carbocycles. The van der Waals surface area contributed by atoms with E-state index in [0.29, 0.717) is 48.8 Å². The molecule has 1 fully saturated rings. The number of hydrogen-bond acceptors (Lipinski definition) is 6. The molecule has 1 saturated heterocycles. The predicted molar refractivity (Wildman–Crippen MR) is 95.8 cm³/mol. The number of para-hydroxylation sites is 1. The van der Waals surface area contributed by atoms with Gasteiger partial charge in [-0.3, -0.25) is 9.59 Å². The van der Waals surface area contributed by atoms with Gasteiger partial charge in [-0.2, -0.15) is 5.26 Å². The van der Waals surface area contributed by atoms with Gasteiger partial charge in [-0.05, 0) is 31.9 Å². The Hall–Kier alpha value is -3.34. The highest BCUT2D eigenvalue weighted by molar-refractivity contribution is 5.91. The number of nitriles is 1. The third-order valence-corrected chi connectivity index (χ3v) is 4.46. The zero-order chi connectivity index (χ0) is 19.2. The molecule has 0 bridgehead atoms. The maximum Gasteiger partial charge on any atom is 0.260 e. The molecule has 2 amide bonds. The van der Waals surface area contributed by atoms with Crippen LogP contribution in [0.5, 0.6) is 5.75 Å². The second-order valence-electron chi connectivity index (χ2n) is 6.36. The Bertz CT molecular complexity index is 863. The van der Waals surface area contributed by atoms with Gasteiger partial charge in [-0.1, -0.05) is 17.3 Å². The molecule has 2 heterocycles. The molecule has 2 aromatic rings. The summed E-state index contributed by atoms with van der Waals surface area (Å²) >= 11 is 0. The number of carbonyl (C=O) groups excluding carboxylic acids is 2. The van der Waals surface area contributed by atoms with Crippen LogP contribution in [0.15, 0.2) is 34.9 Å². The highest BCUT2D eigenvalue weighted by Crippen LogP contribution is 2.21. The number of hydrogen-bond donors (Lipinski definition) is 1. The van der Waals surface area contributed by atoms with Crippen molar-refractivity contribution >= 4 is 17.6 Å². The number of carbonyl (C=O) groups is 2. The molecule has 1 N–H and O–H groups in total. The molecule has 8 heteroatoms. The summed E-state index contributed by atoms with van der Waals surface area (Å²) in [6.07, 6.45) is 1.15. The minimum absolute atomic E-state index is 0.116. The summed E-state index contributed by atoms with van der Waals surface area (Å²) in [5.41, 5.74) is 0.392. The van der Waals surface area contributed by atoms with Crippen molar-refractivity contribution < 1.29 is 18.8 Å². The van der Waals surface area contributed by atoms with Crippen LogP contribution in [0, 0.1) is 24.2 Å². The molecule has 1 aliphatic rings. The van der Waals surface area contributed by atoms with Crippen molar-refractivity contribution in [2.75, 3.05) is 25.0 Å². The van der Waals surface area contributed by atoms with Gasteiger partial charge in [-0.15, -0.1) is 0 Å². The minimum atomic E-state index is -0.175. The van der Waals surface area contributed by atoms with E-state index in [0.717, 1.165) is 0 Å². The quantitative estimate of drug-likeness (QED) is 0.866. The van der Waals surface area contributed by atoms with E-state index < -0.39 is 0 Å². The zero-order valence-corrected chi connectivity index (χ0v) is 15.0. The van der Waals surface area contributed by atoms with Gasteiger partial charge in [0.15, 0.2) is 12.4 Å². The number of nitrogens with one attached hydrogen (secondary N) is 1. The molecule has 3 rings (SSSR count). The minimum Gasteiger partial charge on any atom is -0.482 e. The standard InChI is InChI=1S/C19H20N4O4/c1-13-10-17(22-27-13)21-19(25)14-6-8-23(9-7-14)18(24)12-26-16-5-3-2-4-15(16)11-20/h2-5,10,14H,6-9,12H2,1H3,(H,21,22,25). The Labute approximate surface area is 156 Å². The van der Waals surface area contributed by atoms with Crippen molar-refractivity contribution in [2.45, 2.75) is 19.8 Å². The van der Waals surface area contributed by atoms with Crippen LogP contribution in [-0.4, -0.2) is 41.6 Å². The van der Waals surface area contributed by atoms with Crippen molar-refractivity contribution in [1.29, 1.82) is 5.26 Å². The summed E-state index contributed by atoms with van der Waals surface area (Å²) in [6.45, 7) is 2.59. The fourth-order valence-electron chi connectivity index (χ4n) is 2.96. The molecule has 8 nitrogen and oxygen atoms in total. The molecule has 1 aromatic heterocycles. The van der Waals surface area contributed by atoms with Crippen molar-refractivity contribution in [1.82, 2.24) is 10.1 Å². The molecule has 0 atom stereocenters. The van der Waals surface area contributed by atoms with Gasteiger partial charge in [0.05, 0.1) is 5.56 Å². The maximum absolute atomic E-state index is 12.3. The van der Waals surface area contributed by atoms with Crippen molar-refractivity contribution in [3.8, 4) is 11.8 Å². The number of likely N-dealkylation sites (tertiary alicyclic amines) is 1. The summed E-state index contributed by atoms with van der Waals surface area (Å²) in [7, 11) is 0. The van der Waals surface area contributed by atoms with Gasteiger partial charge in [0, 0.05) is 25.1 Å². The van der Waals surface area contributed by atoms with Crippen LogP contribution in [0.1, 0.15) is 24.2 Å². The van der Waals surface area contributed by atoms with Crippen LogP contribution in [-0.2, 0) is 9.59 Å². The summed E-state index contributed by atoms with van der Waals surface area (Å²) in [6, 6.07) is 10.5. The number of ether oxygens (including phenoxy) is 1. The van der Waals surface area contributed by atoms with Crippen LogP contribution in [0.3, 0.4) is 0 Å². The maximum atomic E-state index is 12.3. The summed E-state index contributed by atoms with van der Waals surface area (Å²) in [5, 5.41) is 15.5. The Balaban J connectivity index is 1.46. The first-order valence-corrected chi connectivity index (χ1v) is 8.70. The summed E-state index contributed by atoms with van der Waals surface area (Å²) in [5.74, 6) is 0.976. The van der Waals surface area contributed by atoms with Crippen molar-refractivity contribution in [2.24, 2.45) is 5.92 Å². The second kappa shape index (κ2) is 8.36. The van der Waals surface area contributed by atoms with Crippen molar-refractivity contribution in [3.05, 3.63) is 41.7 Å². The Morgan fingerprint density at radius 1 is 1.37 bits per heavy atom. The molecule has 0 spiro atoms. The largest absolute Gasteiger partial charge is 0.482 e. The van der Waals surface area contributed by atoms with E-state index >= 15 is 0 Å². The van der Waals surface area contributed by atoms with Gasteiger partial charge >= 0.3 is 0 Å². The zero-order valence-electron chi connectivity index (χ0n) is 15.0. The van der Waals surface area contributed by atoms with Gasteiger partial charge in [0.1, 0.15) is 17.6 Å². The van der Waals surface area contributed by atoms with Crippen molar-refractivity contribution in [3.63, 3.8) is 0 Å². The summed E-state index contributed by atoms with van der Waals surface area (Å²) < 4.78 is 10.4. The van der Waals surface area contributed by atoms with Crippen LogP contribution < -0.4 is 10.1 Å². The average Bonchev–Trinajstić information content (AvgIpc) is 3.11. The Morgan fingerprint density at radius 2 is 2.11 bits per heavy atom. The lowest BCUT2D eigenvalue weighted by molar-refractivity contribution is -0.136. The van der Waals surface area contributed by atoms with E-state index in [2.05, 4.69) is 10.5 Å². The molecule has 0 saturated carbocycles. The van der Waals surface area contributed by atoms with Gasteiger partial charge in [0.25, 0.3) is 5.91 Å². The van der Waals surface area contributed by atoms with E-state index in [1.54, 1.807) is 42.2 Å². The number of benzene rings is 1. The van der Waals surface area contributed by atoms with E-state index in [-0.39, 0.29) is 24.3 Å². The number of anilines is 1. The highest BCUT2D eigenvalue weighted by Gasteiger charge is 2.28. The van der Waals surface area contributed by atoms with E-state index in [1.165, 1.54) is 0 Å². The SMILES string of the molecule is Cc1cc(NC(=O)C2CCN(C(=O)COc3ccccc3C#N)CC2)no1. The third kappa shape index (κ3) is 4.64. The first-order chi connectivity index (χ1) is 13.1. The van der Waals surface area contributed by atoms with Crippen LogP contribution in [0.4, 0.5) is 5.82 Å². The topological polar surface area (TPSA) is 108 Å². The molecule has 140 valence electrons. The number of piperidine rings is 1. The highest BCUT2D eigenvalue weighted by atomic mass is 16.5. The molecule has 27 heavy (non-hydrogen) atoms. The normalized spacial score (nSPS) is 14.4. The lowest BCUT2D eigenvalue weighted by Gasteiger charge is -2.31. The summed E-state index contributed by atoms with van der Waals surface area (Å²) in [4.78, 5) is 26.3. The monoisotopic (exact) mass is 368 g/mol. The van der Waals surface area contributed by atoms with E-state index in [4.69, 9.17) is 14.5 Å². The Morgan fingerprint density at radius 3 is 2.78 bits per heavy atom. The number of aryl methyl sites for hydroxylation is 1. The molecule has 0 unspecified atom stereocenters. The number of amides is 2. The lowest BCUT2D eigenvalue weighted by Crippen LogP contribution is -2.43. The number of nitrogens with zero attached hydrogens (tertiary/aromatic N) is 3. The number of aromatic nitrogens is 1. The fraction of sp³-hybridized carbons (Fsp3) is 0.368. The second-order valence-corrected chi connectivity index (χ2v) is 6.36. The molecule has 1 aliphatic heterocycles. The fourth-order valence-corrected chi connectivity index (χ4v) is 2.96. The van der Waals surface area contributed by atoms with E-state index in [9.17, 15) is 9.59 Å². The molecule has 0 radical (unpaired) electrons. The Kier molecular flexibility index (Phi) is 5.71. The molecular formula is C19H20N4O4. The predicted octanol–water partition coefficient (Wildman–Crippen LogP) is 2.11. The van der Waals surface area contributed by atoms with Gasteiger partial charge in [-0.25, -0.2) is 0 Å². The first kappa shape index (κ1) is 18.5. The van der Waals surface area contributed by atoms with Gasteiger partial charge < -0.3 is 19.5 Å². The third-order valence-electron chi connectivity index (χ3n) is 4.46. The van der Waals surface area contributed by atoms with Crippen LogP contribution in [0.25, 0.3) is 0 Å². The van der Waals surface area contributed by atoms with Gasteiger partial charge in [0.2, 0.25) is 5.91 Å².